The van der Waals surface area contributed by atoms with Crippen LogP contribution in [0.3, 0.4) is 0 Å². The van der Waals surface area contributed by atoms with Gasteiger partial charge in [0.2, 0.25) is 0 Å². The number of rotatable bonds is 1. The second-order valence-electron chi connectivity index (χ2n) is 4.63. The predicted molar refractivity (Wildman–Crippen MR) is 78.6 cm³/mol. The fourth-order valence-electron chi connectivity index (χ4n) is 2.17. The van der Waals surface area contributed by atoms with Gasteiger partial charge in [0, 0.05) is 0 Å². The molecule has 2 nitrogen and oxygen atoms in total. The highest BCUT2D eigenvalue weighted by Crippen LogP contribution is 2.36. The van der Waals surface area contributed by atoms with Crippen molar-refractivity contribution >= 4 is 34.0 Å². The van der Waals surface area contributed by atoms with E-state index in [9.17, 15) is 0 Å². The molecule has 1 aromatic carbocycles. The van der Waals surface area contributed by atoms with Gasteiger partial charge in [-0.2, -0.15) is 0 Å². The first-order valence-corrected chi connectivity index (χ1v) is 7.03. The topological polar surface area (TPSA) is 28.7 Å². The first kappa shape index (κ1) is 11.8. The number of aromatic amines is 1. The van der Waals surface area contributed by atoms with Crippen LogP contribution < -0.4 is 0 Å². The van der Waals surface area contributed by atoms with Gasteiger partial charge in [0.25, 0.3) is 0 Å². The highest BCUT2D eigenvalue weighted by Gasteiger charge is 2.13. The third-order valence-electron chi connectivity index (χ3n) is 3.04. The second-order valence-corrected chi connectivity index (χ2v) is 5.88. The van der Waals surface area contributed by atoms with Crippen LogP contribution in [0.4, 0.5) is 0 Å². The Morgan fingerprint density at radius 2 is 1.94 bits per heavy atom. The minimum atomic E-state index is 0.799. The molecule has 0 aliphatic heterocycles. The van der Waals surface area contributed by atoms with E-state index in [0.717, 1.165) is 32.3 Å². The van der Waals surface area contributed by atoms with Crippen molar-refractivity contribution in [2.75, 3.05) is 0 Å². The van der Waals surface area contributed by atoms with Crippen LogP contribution in [0.5, 0.6) is 0 Å². The number of H-pyrrole nitrogens is 1. The van der Waals surface area contributed by atoms with Gasteiger partial charge >= 0.3 is 0 Å². The van der Waals surface area contributed by atoms with Crippen molar-refractivity contribution in [2.45, 2.75) is 20.8 Å². The Balaban J connectivity index is 2.25. The van der Waals surface area contributed by atoms with Gasteiger partial charge in [-0.3, -0.25) is 0 Å². The quantitative estimate of drug-likeness (QED) is 0.675. The van der Waals surface area contributed by atoms with Crippen LogP contribution in [-0.4, -0.2) is 9.97 Å². The molecule has 0 spiro atoms. The number of benzene rings is 1. The molecule has 92 valence electrons. The maximum atomic E-state index is 6.29. The minimum Gasteiger partial charge on any atom is -0.337 e. The predicted octanol–water partition coefficient (Wildman–Crippen LogP) is 4.87. The number of hydrogen-bond acceptors (Lipinski definition) is 2. The molecular weight excluding hydrogens is 264 g/mol. The summed E-state index contributed by atoms with van der Waals surface area (Å²) in [6.45, 7) is 6.19. The van der Waals surface area contributed by atoms with Crippen molar-refractivity contribution in [3.8, 4) is 10.7 Å². The van der Waals surface area contributed by atoms with Crippen LogP contribution in [0.15, 0.2) is 17.5 Å². The molecule has 0 saturated carbocycles. The lowest BCUT2D eigenvalue weighted by Crippen LogP contribution is -1.79. The zero-order valence-electron chi connectivity index (χ0n) is 10.5. The fourth-order valence-corrected chi connectivity index (χ4v) is 3.40. The summed E-state index contributed by atoms with van der Waals surface area (Å²) in [7, 11) is 0. The average Bonchev–Trinajstić information content (AvgIpc) is 2.84. The van der Waals surface area contributed by atoms with Gasteiger partial charge in [0.15, 0.2) is 0 Å². The smallest absolute Gasteiger partial charge is 0.150 e. The summed E-state index contributed by atoms with van der Waals surface area (Å²) in [6.07, 6.45) is 0. The molecular formula is C14H13ClN2S. The Morgan fingerprint density at radius 1 is 1.17 bits per heavy atom. The Hall–Kier alpha value is -1.32. The monoisotopic (exact) mass is 276 g/mol. The number of hydrogen-bond donors (Lipinski definition) is 1. The molecule has 0 amide bonds. The zero-order valence-corrected chi connectivity index (χ0v) is 12.0. The standard InChI is InChI=1S/C14H13ClN2S/c1-7-4-8(2)12-10(5-7)16-14(17-12)13-11(15)9(3)6-18-13/h4-6H,1-3H3,(H,16,17). The summed E-state index contributed by atoms with van der Waals surface area (Å²) in [5, 5.41) is 2.86. The molecule has 0 fully saturated rings. The van der Waals surface area contributed by atoms with E-state index in [4.69, 9.17) is 11.6 Å². The lowest BCUT2D eigenvalue weighted by molar-refractivity contribution is 1.35. The van der Waals surface area contributed by atoms with Crippen LogP contribution in [0.25, 0.3) is 21.7 Å². The van der Waals surface area contributed by atoms with Crippen molar-refractivity contribution in [1.29, 1.82) is 0 Å². The van der Waals surface area contributed by atoms with Gasteiger partial charge in [0.05, 0.1) is 20.9 Å². The molecule has 2 aromatic heterocycles. The number of nitrogens with zero attached hydrogens (tertiary/aromatic N) is 1. The Bertz CT molecular complexity index is 740. The molecule has 3 rings (SSSR count). The summed E-state index contributed by atoms with van der Waals surface area (Å²) < 4.78 is 0. The Labute approximate surface area is 115 Å². The minimum absolute atomic E-state index is 0.799. The number of imidazole rings is 1. The van der Waals surface area contributed by atoms with Gasteiger partial charge in [-0.05, 0) is 48.9 Å². The number of aromatic nitrogens is 2. The highest BCUT2D eigenvalue weighted by atomic mass is 35.5. The average molecular weight is 277 g/mol. The molecule has 0 aliphatic carbocycles. The van der Waals surface area contributed by atoms with E-state index in [1.807, 2.05) is 6.92 Å². The molecule has 0 bridgehead atoms. The maximum Gasteiger partial charge on any atom is 0.150 e. The highest BCUT2D eigenvalue weighted by molar-refractivity contribution is 7.14. The van der Waals surface area contributed by atoms with E-state index in [2.05, 4.69) is 41.3 Å². The van der Waals surface area contributed by atoms with E-state index in [1.54, 1.807) is 11.3 Å². The molecule has 0 unspecified atom stereocenters. The van der Waals surface area contributed by atoms with Crippen molar-refractivity contribution in [1.82, 2.24) is 9.97 Å². The third-order valence-corrected chi connectivity index (χ3v) is 4.74. The van der Waals surface area contributed by atoms with Gasteiger partial charge in [-0.25, -0.2) is 4.98 Å². The molecule has 0 saturated heterocycles. The molecule has 0 aliphatic rings. The first-order valence-electron chi connectivity index (χ1n) is 5.77. The van der Waals surface area contributed by atoms with E-state index in [0.29, 0.717) is 0 Å². The van der Waals surface area contributed by atoms with Gasteiger partial charge < -0.3 is 4.98 Å². The van der Waals surface area contributed by atoms with Crippen molar-refractivity contribution < 1.29 is 0 Å². The van der Waals surface area contributed by atoms with Crippen molar-refractivity contribution in [3.05, 3.63) is 39.2 Å². The van der Waals surface area contributed by atoms with Crippen LogP contribution in [-0.2, 0) is 0 Å². The molecule has 2 heterocycles. The lowest BCUT2D eigenvalue weighted by Gasteiger charge is -1.96. The van der Waals surface area contributed by atoms with Crippen LogP contribution in [0.2, 0.25) is 5.02 Å². The SMILES string of the molecule is Cc1cc(C)c2nc(-c3scc(C)c3Cl)[nH]c2c1. The van der Waals surface area contributed by atoms with Crippen molar-refractivity contribution in [3.63, 3.8) is 0 Å². The molecule has 1 N–H and O–H groups in total. The van der Waals surface area contributed by atoms with Crippen molar-refractivity contribution in [2.24, 2.45) is 0 Å². The number of nitrogens with one attached hydrogen (secondary N) is 1. The Morgan fingerprint density at radius 3 is 2.61 bits per heavy atom. The summed E-state index contributed by atoms with van der Waals surface area (Å²) in [5.74, 6) is 0.863. The number of thiophene rings is 1. The third kappa shape index (κ3) is 1.74. The van der Waals surface area contributed by atoms with E-state index in [1.165, 1.54) is 11.1 Å². The largest absolute Gasteiger partial charge is 0.337 e. The summed E-state index contributed by atoms with van der Waals surface area (Å²) in [4.78, 5) is 9.05. The maximum absolute atomic E-state index is 6.29. The molecule has 0 atom stereocenters. The zero-order chi connectivity index (χ0) is 12.9. The van der Waals surface area contributed by atoms with Crippen LogP contribution >= 0.6 is 22.9 Å². The van der Waals surface area contributed by atoms with E-state index >= 15 is 0 Å². The summed E-state index contributed by atoms with van der Waals surface area (Å²) >= 11 is 7.92. The summed E-state index contributed by atoms with van der Waals surface area (Å²) in [5.41, 5.74) is 5.63. The summed E-state index contributed by atoms with van der Waals surface area (Å²) in [6, 6.07) is 4.27. The van der Waals surface area contributed by atoms with Crippen LogP contribution in [0, 0.1) is 20.8 Å². The molecule has 0 radical (unpaired) electrons. The van der Waals surface area contributed by atoms with Gasteiger partial charge in [0.1, 0.15) is 5.82 Å². The molecule has 18 heavy (non-hydrogen) atoms. The fraction of sp³-hybridized carbons (Fsp3) is 0.214. The number of halogens is 1. The number of aryl methyl sites for hydroxylation is 3. The first-order chi connectivity index (χ1) is 8.56. The Kier molecular flexibility index (Phi) is 2.68. The lowest BCUT2D eigenvalue weighted by atomic mass is 10.1. The molecule has 3 aromatic rings. The van der Waals surface area contributed by atoms with Gasteiger partial charge in [-0.15, -0.1) is 11.3 Å². The van der Waals surface area contributed by atoms with Gasteiger partial charge in [-0.1, -0.05) is 17.7 Å². The van der Waals surface area contributed by atoms with E-state index < -0.39 is 0 Å². The second kappa shape index (κ2) is 4.11. The van der Waals surface area contributed by atoms with E-state index in [-0.39, 0.29) is 0 Å². The molecule has 4 heteroatoms. The normalized spacial score (nSPS) is 11.3. The van der Waals surface area contributed by atoms with Crippen LogP contribution in [0.1, 0.15) is 16.7 Å². The number of fused-ring (bicyclic) bond motifs is 1.